The van der Waals surface area contributed by atoms with Crippen molar-refractivity contribution >= 4 is 52.6 Å². The number of carbonyl (C=O) groups excluding carboxylic acids is 4. The fourth-order valence-electron chi connectivity index (χ4n) is 9.14. The summed E-state index contributed by atoms with van der Waals surface area (Å²) in [7, 11) is 2.72. The second-order valence-electron chi connectivity index (χ2n) is 14.0. The molecule has 2 heterocycles. The lowest BCUT2D eigenvalue weighted by molar-refractivity contribution is -0.138. The fraction of sp³-hybridized carbons (Fsp3) is 0.244. The number of benzene rings is 4. The van der Waals surface area contributed by atoms with Gasteiger partial charge >= 0.3 is 5.97 Å². The zero-order valence-corrected chi connectivity index (χ0v) is 30.1. The maximum Gasteiger partial charge on any atom is 0.335 e. The zero-order chi connectivity index (χ0) is 38.9. The first-order valence-electron chi connectivity index (χ1n) is 17.4. The summed E-state index contributed by atoms with van der Waals surface area (Å²) in [4.78, 5) is 71.7. The summed E-state index contributed by atoms with van der Waals surface area (Å²) in [5, 5.41) is 21.9. The average molecular weight is 766 g/mol. The SMILES string of the molecule is COc1cc([C@H]2C3=CC[C@@H]4C(=O)N(c5cccc(C(=O)O)c5)C(=O)[C@@H]4[C@@H]3C[C@H]3C(=O)N(Nc4ccc(F)cc4)C(=O)[C@@]23c2ccc(Cl)cc2)cc(OC)c1O. The number of imide groups is 2. The first kappa shape index (κ1) is 35.8. The number of hydrogen-bond donors (Lipinski definition) is 3. The molecule has 4 aromatic rings. The molecule has 4 aromatic carbocycles. The van der Waals surface area contributed by atoms with Gasteiger partial charge in [0.25, 0.3) is 11.8 Å². The van der Waals surface area contributed by atoms with Crippen LogP contribution < -0.4 is 19.8 Å². The van der Waals surface area contributed by atoms with Crippen LogP contribution in [-0.4, -0.2) is 59.0 Å². The van der Waals surface area contributed by atoms with Gasteiger partial charge in [-0.1, -0.05) is 41.4 Å². The quantitative estimate of drug-likeness (QED) is 0.141. The van der Waals surface area contributed by atoms with E-state index < -0.39 is 70.4 Å². The van der Waals surface area contributed by atoms with Crippen LogP contribution >= 0.6 is 11.6 Å². The fourth-order valence-corrected chi connectivity index (χ4v) is 9.27. The number of amides is 4. The van der Waals surface area contributed by atoms with E-state index in [4.69, 9.17) is 21.1 Å². The van der Waals surface area contributed by atoms with Crippen molar-refractivity contribution in [1.29, 1.82) is 0 Å². The molecule has 4 aliphatic rings. The molecule has 1 saturated carbocycles. The number of ether oxygens (including phenoxy) is 2. The molecule has 0 unspecified atom stereocenters. The Bertz CT molecular complexity index is 2310. The van der Waals surface area contributed by atoms with Crippen LogP contribution in [0.5, 0.6) is 17.2 Å². The molecule has 0 bridgehead atoms. The van der Waals surface area contributed by atoms with E-state index in [9.17, 15) is 33.8 Å². The number of phenols is 1. The summed E-state index contributed by atoms with van der Waals surface area (Å²) in [6.45, 7) is 0. The highest BCUT2D eigenvalue weighted by Crippen LogP contribution is 2.65. The molecule has 3 N–H and O–H groups in total. The molecule has 2 aliphatic heterocycles. The van der Waals surface area contributed by atoms with Crippen molar-refractivity contribution in [3.8, 4) is 17.2 Å². The summed E-state index contributed by atoms with van der Waals surface area (Å²) in [5.74, 6) is -8.93. The Hall–Kier alpha value is -6.21. The van der Waals surface area contributed by atoms with E-state index in [1.54, 1.807) is 36.4 Å². The molecule has 55 heavy (non-hydrogen) atoms. The molecule has 280 valence electrons. The number of halogens is 2. The Morgan fingerprint density at radius 1 is 0.891 bits per heavy atom. The largest absolute Gasteiger partial charge is 0.502 e. The van der Waals surface area contributed by atoms with Crippen molar-refractivity contribution in [3.05, 3.63) is 124 Å². The number of carboxylic acids is 1. The second-order valence-corrected chi connectivity index (χ2v) is 14.5. The van der Waals surface area contributed by atoms with Gasteiger partial charge in [0.2, 0.25) is 17.6 Å². The second kappa shape index (κ2) is 13.3. The first-order valence-corrected chi connectivity index (χ1v) is 17.8. The van der Waals surface area contributed by atoms with E-state index in [2.05, 4.69) is 5.43 Å². The van der Waals surface area contributed by atoms with Crippen LogP contribution in [0.15, 0.2) is 96.6 Å². The lowest BCUT2D eigenvalue weighted by Gasteiger charge is -2.50. The molecule has 3 fully saturated rings. The molecule has 0 aromatic heterocycles. The maximum atomic E-state index is 15.4. The number of carbonyl (C=O) groups is 5. The Kier molecular flexibility index (Phi) is 8.64. The maximum absolute atomic E-state index is 15.4. The highest BCUT2D eigenvalue weighted by atomic mass is 35.5. The minimum atomic E-state index is -1.68. The molecule has 8 rings (SSSR count). The summed E-state index contributed by atoms with van der Waals surface area (Å²) in [5.41, 5.74) is 2.99. The highest BCUT2D eigenvalue weighted by molar-refractivity contribution is 6.30. The van der Waals surface area contributed by atoms with E-state index in [-0.39, 0.29) is 47.0 Å². The lowest BCUT2D eigenvalue weighted by Crippen LogP contribution is -2.53. The average Bonchev–Trinajstić information content (AvgIpc) is 3.56. The van der Waals surface area contributed by atoms with E-state index in [0.717, 1.165) is 9.91 Å². The van der Waals surface area contributed by atoms with E-state index in [0.29, 0.717) is 21.7 Å². The predicted molar refractivity (Wildman–Crippen MR) is 196 cm³/mol. The highest BCUT2D eigenvalue weighted by Gasteiger charge is 2.70. The third-order valence-corrected chi connectivity index (χ3v) is 11.7. The van der Waals surface area contributed by atoms with Gasteiger partial charge in [-0.3, -0.25) is 29.5 Å². The number of hydrazine groups is 1. The molecule has 2 aliphatic carbocycles. The lowest BCUT2D eigenvalue weighted by atomic mass is 9.49. The number of phenolic OH excluding ortho intramolecular Hbond substituents is 1. The van der Waals surface area contributed by atoms with Gasteiger partial charge < -0.3 is 19.7 Å². The minimum absolute atomic E-state index is 0.0212. The van der Waals surface area contributed by atoms with Crippen LogP contribution in [0.3, 0.4) is 0 Å². The Labute approximate surface area is 318 Å². The summed E-state index contributed by atoms with van der Waals surface area (Å²) >= 11 is 6.36. The number of fused-ring (bicyclic) bond motifs is 4. The van der Waals surface area contributed by atoms with Crippen LogP contribution in [0.1, 0.15) is 40.2 Å². The molecule has 12 nitrogen and oxygen atoms in total. The summed E-state index contributed by atoms with van der Waals surface area (Å²) in [6, 6.07) is 20.5. The summed E-state index contributed by atoms with van der Waals surface area (Å²) in [6.07, 6.45) is 1.94. The van der Waals surface area contributed by atoms with Gasteiger partial charge in [-0.15, -0.1) is 0 Å². The van der Waals surface area contributed by atoms with Gasteiger partial charge in [0.15, 0.2) is 11.5 Å². The van der Waals surface area contributed by atoms with E-state index in [1.807, 2.05) is 6.08 Å². The Morgan fingerprint density at radius 3 is 2.20 bits per heavy atom. The third-order valence-electron chi connectivity index (χ3n) is 11.4. The molecule has 0 radical (unpaired) electrons. The van der Waals surface area contributed by atoms with Gasteiger partial charge in [-0.2, -0.15) is 5.01 Å². The standard InChI is InChI=1S/C41H33ClFN3O9/c1-54-31-17-21(18-32(55-2)35(31)47)34-27-14-15-28-33(38(50)45(36(28)48)26-5-3-4-20(16-26)39(51)52)29(27)19-30-37(49)46(44-25-12-10-24(43)11-13-25)40(53)41(30,34)22-6-8-23(42)9-7-22/h3-14,16-18,28-30,33-34,44,47H,15,19H2,1-2H3,(H,51,52)/t28-,29+,30-,33-,34-,41+/m0/s1. The van der Waals surface area contributed by atoms with Gasteiger partial charge in [0.05, 0.1) is 54.3 Å². The number of nitrogens with zero attached hydrogens (tertiary/aromatic N) is 2. The molecule has 2 saturated heterocycles. The van der Waals surface area contributed by atoms with Gasteiger partial charge in [-0.05, 0) is 96.6 Å². The third kappa shape index (κ3) is 5.36. The van der Waals surface area contributed by atoms with Crippen LogP contribution in [0.4, 0.5) is 15.8 Å². The normalized spacial score (nSPS) is 25.6. The Balaban J connectivity index is 1.34. The van der Waals surface area contributed by atoms with Crippen LogP contribution in [0.25, 0.3) is 0 Å². The number of carboxylic acid groups (broad SMARTS) is 1. The minimum Gasteiger partial charge on any atom is -0.502 e. The van der Waals surface area contributed by atoms with Gasteiger partial charge in [0.1, 0.15) is 5.82 Å². The van der Waals surface area contributed by atoms with Crippen molar-refractivity contribution in [3.63, 3.8) is 0 Å². The Morgan fingerprint density at radius 2 is 1.56 bits per heavy atom. The predicted octanol–water partition coefficient (Wildman–Crippen LogP) is 6.09. The van der Waals surface area contributed by atoms with Crippen LogP contribution in [-0.2, 0) is 24.6 Å². The number of rotatable bonds is 8. The monoisotopic (exact) mass is 765 g/mol. The van der Waals surface area contributed by atoms with Crippen molar-refractivity contribution in [2.75, 3.05) is 24.5 Å². The molecule has 6 atom stereocenters. The van der Waals surface area contributed by atoms with Crippen LogP contribution in [0, 0.1) is 29.5 Å². The number of hydrogen-bond acceptors (Lipinski definition) is 9. The van der Waals surface area contributed by atoms with E-state index >= 15 is 4.79 Å². The molecular weight excluding hydrogens is 733 g/mol. The summed E-state index contributed by atoms with van der Waals surface area (Å²) < 4.78 is 25.0. The number of aromatic carboxylic acids is 1. The first-order chi connectivity index (χ1) is 26.4. The molecular formula is C41H33ClFN3O9. The van der Waals surface area contributed by atoms with Crippen molar-refractivity contribution in [1.82, 2.24) is 5.01 Å². The number of anilines is 2. The smallest absolute Gasteiger partial charge is 0.335 e. The van der Waals surface area contributed by atoms with Crippen molar-refractivity contribution in [2.24, 2.45) is 23.7 Å². The number of aromatic hydroxyl groups is 1. The van der Waals surface area contributed by atoms with Gasteiger partial charge in [0, 0.05) is 10.9 Å². The van der Waals surface area contributed by atoms with Crippen LogP contribution in [0.2, 0.25) is 5.02 Å². The van der Waals surface area contributed by atoms with Crippen molar-refractivity contribution in [2.45, 2.75) is 24.2 Å². The van der Waals surface area contributed by atoms with E-state index in [1.165, 1.54) is 62.8 Å². The van der Waals surface area contributed by atoms with Crippen molar-refractivity contribution < 1.29 is 48.0 Å². The number of nitrogens with one attached hydrogen (secondary N) is 1. The van der Waals surface area contributed by atoms with Gasteiger partial charge in [-0.25, -0.2) is 9.18 Å². The zero-order valence-electron chi connectivity index (χ0n) is 29.4. The molecule has 0 spiro atoms. The molecule has 14 heteroatoms. The number of allylic oxidation sites excluding steroid dienone is 2. The molecule has 4 amide bonds. The topological polar surface area (TPSA) is 163 Å². The number of methoxy groups -OCH3 is 2.